The Kier molecular flexibility index (Phi) is 5.69. The van der Waals surface area contributed by atoms with Crippen LogP contribution in [0.4, 0.5) is 11.6 Å². The number of carbonyl (C=O) groups is 1. The normalized spacial score (nSPS) is 10.4. The standard InChI is InChI=1S/C12H18Cl2N4O/c1-4-18(5-2)10(19)7-17(3)12-9(14)6-8(13)11(15)16-12/h6H,4-5,7H2,1-3H3,(H2,15,16). The van der Waals surface area contributed by atoms with E-state index >= 15 is 0 Å². The van der Waals surface area contributed by atoms with Gasteiger partial charge in [-0.3, -0.25) is 4.79 Å². The Morgan fingerprint density at radius 1 is 1.32 bits per heavy atom. The Morgan fingerprint density at radius 2 is 1.89 bits per heavy atom. The first-order chi connectivity index (χ1) is 8.90. The molecule has 5 nitrogen and oxygen atoms in total. The number of nitrogen functional groups attached to an aromatic ring is 1. The zero-order valence-corrected chi connectivity index (χ0v) is 12.8. The van der Waals surface area contributed by atoms with Crippen molar-refractivity contribution >= 4 is 40.7 Å². The van der Waals surface area contributed by atoms with Crippen molar-refractivity contribution < 1.29 is 4.79 Å². The Bertz CT molecular complexity index is 463. The summed E-state index contributed by atoms with van der Waals surface area (Å²) in [5, 5.41) is 0.672. The Hall–Kier alpha value is -1.20. The lowest BCUT2D eigenvalue weighted by atomic mass is 10.3. The molecule has 0 aliphatic carbocycles. The quantitative estimate of drug-likeness (QED) is 0.906. The van der Waals surface area contributed by atoms with Crippen molar-refractivity contribution in [1.29, 1.82) is 0 Å². The van der Waals surface area contributed by atoms with E-state index in [1.807, 2.05) is 13.8 Å². The molecule has 7 heteroatoms. The van der Waals surface area contributed by atoms with Crippen LogP contribution in [0.2, 0.25) is 10.0 Å². The number of hydrogen-bond acceptors (Lipinski definition) is 4. The van der Waals surface area contributed by atoms with Gasteiger partial charge in [0.2, 0.25) is 5.91 Å². The van der Waals surface area contributed by atoms with Crippen LogP contribution in [-0.4, -0.2) is 42.5 Å². The summed E-state index contributed by atoms with van der Waals surface area (Å²) in [6, 6.07) is 1.53. The van der Waals surface area contributed by atoms with Crippen LogP contribution >= 0.6 is 23.2 Å². The smallest absolute Gasteiger partial charge is 0.242 e. The topological polar surface area (TPSA) is 62.5 Å². The summed E-state index contributed by atoms with van der Waals surface area (Å²) in [4.78, 5) is 19.5. The predicted octanol–water partition coefficient (Wildman–Crippen LogP) is 2.28. The Morgan fingerprint density at radius 3 is 2.42 bits per heavy atom. The molecular weight excluding hydrogens is 287 g/mol. The van der Waals surface area contributed by atoms with Crippen LogP contribution in [0.15, 0.2) is 6.07 Å². The fourth-order valence-electron chi connectivity index (χ4n) is 1.69. The average Bonchev–Trinajstić information content (AvgIpc) is 2.35. The zero-order chi connectivity index (χ0) is 14.6. The highest BCUT2D eigenvalue weighted by Crippen LogP contribution is 2.29. The van der Waals surface area contributed by atoms with E-state index in [1.165, 1.54) is 6.07 Å². The largest absolute Gasteiger partial charge is 0.382 e. The molecule has 19 heavy (non-hydrogen) atoms. The van der Waals surface area contributed by atoms with Gasteiger partial charge in [-0.2, -0.15) is 0 Å². The molecule has 0 saturated heterocycles. The van der Waals surface area contributed by atoms with Crippen LogP contribution in [0.1, 0.15) is 13.8 Å². The van der Waals surface area contributed by atoms with E-state index in [4.69, 9.17) is 28.9 Å². The molecule has 106 valence electrons. The molecule has 0 atom stereocenters. The van der Waals surface area contributed by atoms with E-state index in [0.717, 1.165) is 0 Å². The van der Waals surface area contributed by atoms with Gasteiger partial charge in [0.15, 0.2) is 0 Å². The second-order valence-electron chi connectivity index (χ2n) is 4.08. The number of pyridine rings is 1. The Balaban J connectivity index is 2.86. The van der Waals surface area contributed by atoms with Gasteiger partial charge in [0.25, 0.3) is 0 Å². The minimum atomic E-state index is 0.0129. The van der Waals surface area contributed by atoms with Gasteiger partial charge < -0.3 is 15.5 Å². The summed E-state index contributed by atoms with van der Waals surface area (Å²) < 4.78 is 0. The summed E-state index contributed by atoms with van der Waals surface area (Å²) in [5.41, 5.74) is 5.65. The van der Waals surface area contributed by atoms with E-state index < -0.39 is 0 Å². The van der Waals surface area contributed by atoms with Gasteiger partial charge in [0.05, 0.1) is 16.6 Å². The molecule has 0 spiro atoms. The van der Waals surface area contributed by atoms with Crippen molar-refractivity contribution in [2.24, 2.45) is 0 Å². The van der Waals surface area contributed by atoms with Crippen molar-refractivity contribution in [1.82, 2.24) is 9.88 Å². The fraction of sp³-hybridized carbons (Fsp3) is 0.500. The van der Waals surface area contributed by atoms with Gasteiger partial charge in [-0.25, -0.2) is 4.98 Å². The highest BCUT2D eigenvalue weighted by molar-refractivity contribution is 6.37. The SMILES string of the molecule is CCN(CC)C(=O)CN(C)c1nc(N)c(Cl)cc1Cl. The first kappa shape index (κ1) is 15.9. The molecule has 1 aromatic rings. The van der Waals surface area contributed by atoms with Gasteiger partial charge >= 0.3 is 0 Å². The van der Waals surface area contributed by atoms with Gasteiger partial charge in [-0.15, -0.1) is 0 Å². The minimum Gasteiger partial charge on any atom is -0.382 e. The first-order valence-electron chi connectivity index (χ1n) is 6.01. The van der Waals surface area contributed by atoms with Crippen LogP contribution in [0.25, 0.3) is 0 Å². The number of likely N-dealkylation sites (N-methyl/N-ethyl adjacent to an activating group) is 2. The maximum Gasteiger partial charge on any atom is 0.242 e. The third-order valence-corrected chi connectivity index (χ3v) is 3.37. The van der Waals surface area contributed by atoms with Gasteiger partial charge in [-0.1, -0.05) is 23.2 Å². The van der Waals surface area contributed by atoms with Crippen LogP contribution in [0, 0.1) is 0 Å². The van der Waals surface area contributed by atoms with Gasteiger partial charge in [-0.05, 0) is 19.9 Å². The summed E-state index contributed by atoms with van der Waals surface area (Å²) in [6.07, 6.45) is 0. The summed E-state index contributed by atoms with van der Waals surface area (Å²) >= 11 is 11.9. The van der Waals surface area contributed by atoms with E-state index in [-0.39, 0.29) is 18.3 Å². The van der Waals surface area contributed by atoms with Crippen LogP contribution in [-0.2, 0) is 4.79 Å². The summed E-state index contributed by atoms with van der Waals surface area (Å²) in [5.74, 6) is 0.658. The number of halogens is 2. The van der Waals surface area contributed by atoms with Crippen molar-refractivity contribution in [3.8, 4) is 0 Å². The second-order valence-corrected chi connectivity index (χ2v) is 4.90. The third kappa shape index (κ3) is 3.88. The number of carbonyl (C=O) groups excluding carboxylic acids is 1. The van der Waals surface area contributed by atoms with E-state index in [9.17, 15) is 4.79 Å². The molecule has 1 heterocycles. The average molecular weight is 305 g/mol. The number of amides is 1. The van der Waals surface area contributed by atoms with Crippen LogP contribution in [0.5, 0.6) is 0 Å². The summed E-state index contributed by atoms with van der Waals surface area (Å²) in [7, 11) is 1.74. The maximum absolute atomic E-state index is 12.0. The van der Waals surface area contributed by atoms with Crippen molar-refractivity contribution in [2.45, 2.75) is 13.8 Å². The summed E-state index contributed by atoms with van der Waals surface area (Å²) in [6.45, 7) is 5.41. The molecule has 0 aromatic carbocycles. The van der Waals surface area contributed by atoms with Gasteiger partial charge in [0, 0.05) is 20.1 Å². The van der Waals surface area contributed by atoms with Crippen LogP contribution in [0.3, 0.4) is 0 Å². The lowest BCUT2D eigenvalue weighted by Crippen LogP contribution is -2.39. The molecule has 0 radical (unpaired) electrons. The van der Waals surface area contributed by atoms with Gasteiger partial charge in [0.1, 0.15) is 11.6 Å². The predicted molar refractivity (Wildman–Crippen MR) is 79.9 cm³/mol. The fourth-order valence-corrected chi connectivity index (χ4v) is 2.20. The van der Waals surface area contributed by atoms with Crippen LogP contribution < -0.4 is 10.6 Å². The monoisotopic (exact) mass is 304 g/mol. The molecule has 1 amide bonds. The van der Waals surface area contributed by atoms with E-state index in [2.05, 4.69) is 4.98 Å². The van der Waals surface area contributed by atoms with E-state index in [1.54, 1.807) is 16.8 Å². The Labute approximate surface area is 123 Å². The molecule has 1 aromatic heterocycles. The lowest BCUT2D eigenvalue weighted by Gasteiger charge is -2.24. The molecule has 0 aliphatic heterocycles. The minimum absolute atomic E-state index is 0.0129. The van der Waals surface area contributed by atoms with Crippen molar-refractivity contribution in [3.05, 3.63) is 16.1 Å². The number of nitrogens with two attached hydrogens (primary N) is 1. The number of hydrogen-bond donors (Lipinski definition) is 1. The highest BCUT2D eigenvalue weighted by atomic mass is 35.5. The van der Waals surface area contributed by atoms with E-state index in [0.29, 0.717) is 29.0 Å². The second kappa shape index (κ2) is 6.82. The number of anilines is 2. The lowest BCUT2D eigenvalue weighted by molar-refractivity contribution is -0.129. The molecule has 0 aliphatic rings. The highest BCUT2D eigenvalue weighted by Gasteiger charge is 2.16. The zero-order valence-electron chi connectivity index (χ0n) is 11.3. The number of rotatable bonds is 5. The molecule has 2 N–H and O–H groups in total. The molecule has 0 bridgehead atoms. The number of aromatic nitrogens is 1. The molecule has 0 saturated carbocycles. The molecule has 0 fully saturated rings. The third-order valence-electron chi connectivity index (χ3n) is 2.79. The molecule has 1 rings (SSSR count). The van der Waals surface area contributed by atoms with Crippen molar-refractivity contribution in [3.63, 3.8) is 0 Å². The first-order valence-corrected chi connectivity index (χ1v) is 6.76. The molecule has 0 unspecified atom stereocenters. The molecular formula is C12H18Cl2N4O. The maximum atomic E-state index is 12.0. The number of nitrogens with zero attached hydrogens (tertiary/aromatic N) is 3. The van der Waals surface area contributed by atoms with Crippen molar-refractivity contribution in [2.75, 3.05) is 37.3 Å².